The second-order valence-corrected chi connectivity index (χ2v) is 4.82. The number of carbonyl (C=O) groups is 2. The summed E-state index contributed by atoms with van der Waals surface area (Å²) in [5.74, 6) is -0.0696. The predicted molar refractivity (Wildman–Crippen MR) is 71.9 cm³/mol. The molecule has 0 saturated heterocycles. The molecule has 0 heterocycles. The topological polar surface area (TPSA) is 34.1 Å². The summed E-state index contributed by atoms with van der Waals surface area (Å²) < 4.78 is 0. The molecule has 0 unspecified atom stereocenters. The lowest BCUT2D eigenvalue weighted by atomic mass is 9.71. The second kappa shape index (κ2) is 6.53. The average molecular weight is 236 g/mol. The zero-order chi connectivity index (χ0) is 13.6. The zero-order valence-electron chi connectivity index (χ0n) is 11.9. The zero-order valence-corrected chi connectivity index (χ0v) is 11.9. The molecule has 0 aliphatic rings. The molecule has 17 heavy (non-hydrogen) atoms. The summed E-state index contributed by atoms with van der Waals surface area (Å²) in [6.45, 7) is 10.8. The molecule has 0 fully saturated rings. The van der Waals surface area contributed by atoms with Crippen LogP contribution in [0, 0.1) is 5.41 Å². The predicted octanol–water partition coefficient (Wildman–Crippen LogP) is 3.86. The molecule has 0 aromatic carbocycles. The van der Waals surface area contributed by atoms with Gasteiger partial charge in [0.25, 0.3) is 0 Å². The number of allylic oxidation sites excluding steroid dienone is 4. The van der Waals surface area contributed by atoms with Crippen LogP contribution in [0.1, 0.15) is 54.4 Å². The third-order valence-electron chi connectivity index (χ3n) is 3.49. The number of ketones is 2. The van der Waals surface area contributed by atoms with Gasteiger partial charge in [0, 0.05) is 0 Å². The Labute approximate surface area is 105 Å². The molecule has 0 rings (SSSR count). The van der Waals surface area contributed by atoms with Crippen molar-refractivity contribution in [3.8, 4) is 0 Å². The minimum Gasteiger partial charge on any atom is -0.299 e. The van der Waals surface area contributed by atoms with Crippen LogP contribution in [0.25, 0.3) is 0 Å². The molecule has 0 spiro atoms. The van der Waals surface area contributed by atoms with Gasteiger partial charge in [-0.3, -0.25) is 9.59 Å². The van der Waals surface area contributed by atoms with Crippen molar-refractivity contribution in [1.29, 1.82) is 0 Å². The van der Waals surface area contributed by atoms with E-state index in [1.165, 1.54) is 13.8 Å². The molecule has 0 amide bonds. The van der Waals surface area contributed by atoms with Crippen molar-refractivity contribution in [2.24, 2.45) is 5.41 Å². The van der Waals surface area contributed by atoms with Gasteiger partial charge in [0.2, 0.25) is 0 Å². The second-order valence-electron chi connectivity index (χ2n) is 4.82. The molecule has 0 aliphatic heterocycles. The van der Waals surface area contributed by atoms with Crippen LogP contribution in [0.4, 0.5) is 0 Å². The molecule has 0 aliphatic carbocycles. The Morgan fingerprint density at radius 1 is 0.824 bits per heavy atom. The summed E-state index contributed by atoms with van der Waals surface area (Å²) >= 11 is 0. The van der Waals surface area contributed by atoms with Crippen molar-refractivity contribution in [2.75, 3.05) is 0 Å². The maximum Gasteiger partial charge on any atom is 0.143 e. The fraction of sp³-hybridized carbons (Fsp3) is 0.600. The van der Waals surface area contributed by atoms with Crippen molar-refractivity contribution in [1.82, 2.24) is 0 Å². The maximum absolute atomic E-state index is 11.9. The van der Waals surface area contributed by atoms with Gasteiger partial charge in [-0.15, -0.1) is 0 Å². The summed E-state index contributed by atoms with van der Waals surface area (Å²) in [4.78, 5) is 23.9. The molecule has 2 nitrogen and oxygen atoms in total. The van der Waals surface area contributed by atoms with Crippen molar-refractivity contribution in [2.45, 2.75) is 54.4 Å². The highest BCUT2D eigenvalue weighted by Gasteiger charge is 2.40. The Bertz CT molecular complexity index is 323. The largest absolute Gasteiger partial charge is 0.299 e. The third kappa shape index (κ3) is 3.95. The van der Waals surface area contributed by atoms with Crippen LogP contribution in [0.5, 0.6) is 0 Å². The number of hydrogen-bond donors (Lipinski definition) is 0. The first-order chi connectivity index (χ1) is 7.80. The first kappa shape index (κ1) is 15.8. The average Bonchev–Trinajstić information content (AvgIpc) is 2.26. The van der Waals surface area contributed by atoms with Crippen molar-refractivity contribution in [3.63, 3.8) is 0 Å². The maximum atomic E-state index is 11.9. The van der Waals surface area contributed by atoms with E-state index in [4.69, 9.17) is 0 Å². The molecule has 0 aromatic rings. The Kier molecular flexibility index (Phi) is 6.08. The molecule has 96 valence electrons. The highest BCUT2D eigenvalue weighted by Crippen LogP contribution is 2.35. The molecule has 0 saturated carbocycles. The summed E-state index contributed by atoms with van der Waals surface area (Å²) in [7, 11) is 0. The smallest absolute Gasteiger partial charge is 0.143 e. The van der Waals surface area contributed by atoms with Gasteiger partial charge in [0.1, 0.15) is 11.6 Å². The molecule has 0 radical (unpaired) electrons. The fourth-order valence-corrected chi connectivity index (χ4v) is 1.96. The van der Waals surface area contributed by atoms with Crippen molar-refractivity contribution < 1.29 is 9.59 Å². The minimum absolute atomic E-state index is 0.0348. The first-order valence-corrected chi connectivity index (χ1v) is 6.05. The molecule has 0 N–H and O–H groups in total. The van der Waals surface area contributed by atoms with Gasteiger partial charge < -0.3 is 0 Å². The van der Waals surface area contributed by atoms with E-state index < -0.39 is 5.41 Å². The number of carbonyl (C=O) groups excluding carboxylic acids is 2. The lowest BCUT2D eigenvalue weighted by molar-refractivity contribution is -0.138. The highest BCUT2D eigenvalue weighted by atomic mass is 16.2. The standard InChI is InChI=1S/C15H24O2/c1-7-11(3)9-15(13(5)16,14(6)17)10-12(4)8-2/h7-8H,9-10H2,1-6H3. The van der Waals surface area contributed by atoms with E-state index in [0.29, 0.717) is 12.8 Å². The monoisotopic (exact) mass is 236 g/mol. The molecular formula is C15H24O2. The van der Waals surface area contributed by atoms with Crippen LogP contribution >= 0.6 is 0 Å². The summed E-state index contributed by atoms with van der Waals surface area (Å²) in [5.41, 5.74) is 1.30. The lowest BCUT2D eigenvalue weighted by Crippen LogP contribution is -2.37. The Morgan fingerprint density at radius 3 is 1.29 bits per heavy atom. The summed E-state index contributed by atoms with van der Waals surface area (Å²) in [6, 6.07) is 0. The van der Waals surface area contributed by atoms with E-state index in [2.05, 4.69) is 0 Å². The Balaban J connectivity index is 5.44. The van der Waals surface area contributed by atoms with Crippen LogP contribution < -0.4 is 0 Å². The van der Waals surface area contributed by atoms with Crippen LogP contribution in [0.15, 0.2) is 23.3 Å². The van der Waals surface area contributed by atoms with E-state index in [1.807, 2.05) is 39.8 Å². The molecule has 2 heteroatoms. The van der Waals surface area contributed by atoms with Gasteiger partial charge in [-0.1, -0.05) is 23.3 Å². The minimum atomic E-state index is -0.868. The van der Waals surface area contributed by atoms with E-state index >= 15 is 0 Å². The van der Waals surface area contributed by atoms with Crippen molar-refractivity contribution in [3.05, 3.63) is 23.3 Å². The highest BCUT2D eigenvalue weighted by molar-refractivity contribution is 6.05. The van der Waals surface area contributed by atoms with E-state index in [9.17, 15) is 9.59 Å². The number of hydrogen-bond acceptors (Lipinski definition) is 2. The van der Waals surface area contributed by atoms with Crippen LogP contribution in [0.2, 0.25) is 0 Å². The first-order valence-electron chi connectivity index (χ1n) is 6.05. The summed E-state index contributed by atoms with van der Waals surface area (Å²) in [5, 5.41) is 0. The van der Waals surface area contributed by atoms with Gasteiger partial charge in [-0.2, -0.15) is 0 Å². The quantitative estimate of drug-likeness (QED) is 0.518. The van der Waals surface area contributed by atoms with Gasteiger partial charge in [0.15, 0.2) is 0 Å². The van der Waals surface area contributed by atoms with Gasteiger partial charge >= 0.3 is 0 Å². The normalized spacial score (nSPS) is 13.8. The van der Waals surface area contributed by atoms with Gasteiger partial charge in [-0.25, -0.2) is 0 Å². The Morgan fingerprint density at radius 2 is 1.12 bits per heavy atom. The van der Waals surface area contributed by atoms with E-state index in [1.54, 1.807) is 0 Å². The molecule has 0 bridgehead atoms. The SMILES string of the molecule is CC=C(C)CC(CC(C)=CC)(C(C)=O)C(C)=O. The van der Waals surface area contributed by atoms with E-state index in [-0.39, 0.29) is 11.6 Å². The van der Waals surface area contributed by atoms with Crippen LogP contribution in [-0.4, -0.2) is 11.6 Å². The van der Waals surface area contributed by atoms with Crippen molar-refractivity contribution >= 4 is 11.6 Å². The van der Waals surface area contributed by atoms with Gasteiger partial charge in [0.05, 0.1) is 5.41 Å². The van der Waals surface area contributed by atoms with Crippen LogP contribution in [0.3, 0.4) is 0 Å². The van der Waals surface area contributed by atoms with E-state index in [0.717, 1.165) is 11.1 Å². The van der Waals surface area contributed by atoms with Crippen LogP contribution in [-0.2, 0) is 9.59 Å². The number of rotatable bonds is 6. The molecular weight excluding hydrogens is 212 g/mol. The number of Topliss-reactive ketones (excluding diaryl/α,β-unsaturated/α-hetero) is 2. The lowest BCUT2D eigenvalue weighted by Gasteiger charge is -2.29. The molecule has 0 atom stereocenters. The molecule has 0 aromatic heterocycles. The third-order valence-corrected chi connectivity index (χ3v) is 3.49. The fourth-order valence-electron chi connectivity index (χ4n) is 1.96. The summed E-state index contributed by atoms with van der Waals surface area (Å²) in [6.07, 6.45) is 4.98. The van der Waals surface area contributed by atoms with Gasteiger partial charge in [-0.05, 0) is 54.4 Å². The Hall–Kier alpha value is -1.18.